The molecule has 1 fully saturated rings. The number of alkyl halides is 2. The fourth-order valence-corrected chi connectivity index (χ4v) is 1.33. The van der Waals surface area contributed by atoms with Crippen molar-refractivity contribution in [1.29, 1.82) is 0 Å². The highest BCUT2D eigenvalue weighted by molar-refractivity contribution is 5.85. The molecule has 1 atom stereocenters. The van der Waals surface area contributed by atoms with Crippen molar-refractivity contribution in [1.82, 2.24) is 5.32 Å². The summed E-state index contributed by atoms with van der Waals surface area (Å²) in [6.07, 6.45) is 0.771. The Bertz CT molecular complexity index is 246. The first-order valence-electron chi connectivity index (χ1n) is 4.64. The number of amides is 1. The Morgan fingerprint density at radius 2 is 2.07 bits per heavy atom. The quantitative estimate of drug-likeness (QED) is 0.778. The van der Waals surface area contributed by atoms with Crippen LogP contribution in [0.25, 0.3) is 0 Å². The third kappa shape index (κ3) is 3.91. The number of nitrogens with two attached hydrogens (primary N) is 1. The number of nitrogens with one attached hydrogen (secondary N) is 1. The fourth-order valence-electron chi connectivity index (χ4n) is 1.33. The van der Waals surface area contributed by atoms with Gasteiger partial charge in [0.2, 0.25) is 5.91 Å². The summed E-state index contributed by atoms with van der Waals surface area (Å²) in [6.45, 7) is 2.49. The van der Waals surface area contributed by atoms with Gasteiger partial charge in [0.25, 0.3) is 5.92 Å². The maximum absolute atomic E-state index is 12.6. The number of carbonyl (C=O) groups is 1. The Labute approximate surface area is 94.2 Å². The van der Waals surface area contributed by atoms with Gasteiger partial charge < -0.3 is 11.1 Å². The number of hydrogen-bond donors (Lipinski definition) is 2. The van der Waals surface area contributed by atoms with E-state index in [1.54, 1.807) is 0 Å². The number of carbonyl (C=O) groups excluding carboxylic acids is 1. The summed E-state index contributed by atoms with van der Waals surface area (Å²) in [5, 5.41) is 2.22. The molecule has 1 saturated carbocycles. The molecular weight excluding hydrogens is 226 g/mol. The van der Waals surface area contributed by atoms with Gasteiger partial charge in [-0.25, -0.2) is 8.78 Å². The lowest BCUT2D eigenvalue weighted by Crippen LogP contribution is -2.42. The van der Waals surface area contributed by atoms with Crippen molar-refractivity contribution in [3.05, 3.63) is 0 Å². The molecule has 3 nitrogen and oxygen atoms in total. The van der Waals surface area contributed by atoms with Crippen LogP contribution in [0, 0.1) is 11.3 Å². The third-order valence-corrected chi connectivity index (χ3v) is 2.65. The van der Waals surface area contributed by atoms with Crippen LogP contribution in [0.4, 0.5) is 8.78 Å². The Morgan fingerprint density at radius 1 is 1.60 bits per heavy atom. The molecule has 0 aromatic rings. The summed E-state index contributed by atoms with van der Waals surface area (Å²) < 4.78 is 25.3. The molecule has 0 bridgehead atoms. The highest BCUT2D eigenvalue weighted by Gasteiger charge is 2.50. The van der Waals surface area contributed by atoms with E-state index in [1.165, 1.54) is 0 Å². The second-order valence-corrected chi connectivity index (χ2v) is 4.52. The second kappa shape index (κ2) is 4.61. The Kier molecular flexibility index (Phi) is 4.49. The van der Waals surface area contributed by atoms with Crippen molar-refractivity contribution in [3.8, 4) is 0 Å². The van der Waals surface area contributed by atoms with E-state index in [4.69, 9.17) is 5.73 Å². The summed E-state index contributed by atoms with van der Waals surface area (Å²) in [5.74, 6) is -3.39. The predicted octanol–water partition coefficient (Wildman–Crippen LogP) is 1.16. The van der Waals surface area contributed by atoms with Crippen LogP contribution in [-0.2, 0) is 4.79 Å². The van der Waals surface area contributed by atoms with Gasteiger partial charge >= 0.3 is 0 Å². The highest BCUT2D eigenvalue weighted by atomic mass is 35.5. The van der Waals surface area contributed by atoms with Crippen molar-refractivity contribution < 1.29 is 13.6 Å². The molecule has 0 aliphatic heterocycles. The molecule has 0 heterocycles. The molecule has 1 aliphatic carbocycles. The molecule has 0 radical (unpaired) electrons. The molecule has 0 spiro atoms. The normalized spacial score (nSPS) is 22.9. The largest absolute Gasteiger partial charge is 0.350 e. The van der Waals surface area contributed by atoms with E-state index >= 15 is 0 Å². The Hall–Kier alpha value is -0.420. The van der Waals surface area contributed by atoms with Crippen LogP contribution in [0.1, 0.15) is 20.3 Å². The van der Waals surface area contributed by atoms with Crippen LogP contribution in [0.2, 0.25) is 0 Å². The van der Waals surface area contributed by atoms with E-state index < -0.39 is 19.0 Å². The minimum Gasteiger partial charge on any atom is -0.350 e. The first-order valence-corrected chi connectivity index (χ1v) is 4.64. The average molecular weight is 243 g/mol. The average Bonchev–Trinajstić information content (AvgIpc) is 2.71. The van der Waals surface area contributed by atoms with Gasteiger partial charge in [-0.3, -0.25) is 4.79 Å². The zero-order valence-corrected chi connectivity index (χ0v) is 9.66. The van der Waals surface area contributed by atoms with Crippen LogP contribution < -0.4 is 11.1 Å². The van der Waals surface area contributed by atoms with E-state index in [2.05, 4.69) is 5.32 Å². The van der Waals surface area contributed by atoms with Crippen LogP contribution in [0.15, 0.2) is 0 Å². The molecule has 0 saturated heterocycles. The van der Waals surface area contributed by atoms with Crippen molar-refractivity contribution >= 4 is 18.3 Å². The Morgan fingerprint density at radius 3 is 2.40 bits per heavy atom. The van der Waals surface area contributed by atoms with Gasteiger partial charge in [-0.1, -0.05) is 13.8 Å². The van der Waals surface area contributed by atoms with Gasteiger partial charge in [0.15, 0.2) is 0 Å². The van der Waals surface area contributed by atoms with Gasteiger partial charge in [0.05, 0.1) is 13.1 Å². The third-order valence-electron chi connectivity index (χ3n) is 2.65. The minimum absolute atomic E-state index is 0. The minimum atomic E-state index is -2.99. The van der Waals surface area contributed by atoms with Gasteiger partial charge in [-0.05, 0) is 11.8 Å². The standard InChI is InChI=1S/C9H16F2N2O.ClH/c1-8(2)3-6(8)7(14)13-5-9(10,11)4-12;/h6H,3-5,12H2,1-2H3,(H,13,14);1H. The van der Waals surface area contributed by atoms with Crippen LogP contribution in [-0.4, -0.2) is 24.9 Å². The summed E-state index contributed by atoms with van der Waals surface area (Å²) in [5.41, 5.74) is 4.81. The summed E-state index contributed by atoms with van der Waals surface area (Å²) >= 11 is 0. The molecule has 1 aliphatic rings. The molecular formula is C9H17ClF2N2O. The van der Waals surface area contributed by atoms with Crippen molar-refractivity contribution in [2.24, 2.45) is 17.1 Å². The molecule has 1 unspecified atom stereocenters. The second-order valence-electron chi connectivity index (χ2n) is 4.52. The zero-order chi connectivity index (χ0) is 11.0. The van der Waals surface area contributed by atoms with Crippen molar-refractivity contribution in [3.63, 3.8) is 0 Å². The molecule has 1 amide bonds. The molecule has 90 valence electrons. The van der Waals surface area contributed by atoms with Crippen LogP contribution >= 0.6 is 12.4 Å². The van der Waals surface area contributed by atoms with E-state index in [1.807, 2.05) is 13.8 Å². The number of hydrogen-bond acceptors (Lipinski definition) is 2. The van der Waals surface area contributed by atoms with Crippen LogP contribution in [0.5, 0.6) is 0 Å². The number of halogens is 3. The van der Waals surface area contributed by atoms with Gasteiger partial charge in [0, 0.05) is 5.92 Å². The highest BCUT2D eigenvalue weighted by Crippen LogP contribution is 2.51. The molecule has 15 heavy (non-hydrogen) atoms. The molecule has 0 aromatic carbocycles. The molecule has 1 rings (SSSR count). The summed E-state index contributed by atoms with van der Waals surface area (Å²) in [6, 6.07) is 0. The zero-order valence-electron chi connectivity index (χ0n) is 8.85. The maximum Gasteiger partial charge on any atom is 0.277 e. The SMILES string of the molecule is CC1(C)CC1C(=O)NCC(F)(F)CN.Cl. The van der Waals surface area contributed by atoms with E-state index in [0.29, 0.717) is 0 Å². The predicted molar refractivity (Wildman–Crippen MR) is 56.1 cm³/mol. The van der Waals surface area contributed by atoms with Crippen LogP contribution in [0.3, 0.4) is 0 Å². The monoisotopic (exact) mass is 242 g/mol. The molecule has 6 heteroatoms. The lowest BCUT2D eigenvalue weighted by molar-refractivity contribution is -0.124. The van der Waals surface area contributed by atoms with Gasteiger partial charge in [0.1, 0.15) is 0 Å². The van der Waals surface area contributed by atoms with Gasteiger partial charge in [-0.2, -0.15) is 0 Å². The molecule has 0 aromatic heterocycles. The lowest BCUT2D eigenvalue weighted by Gasteiger charge is -2.14. The molecule has 3 N–H and O–H groups in total. The van der Waals surface area contributed by atoms with Gasteiger partial charge in [-0.15, -0.1) is 12.4 Å². The fraction of sp³-hybridized carbons (Fsp3) is 0.889. The maximum atomic E-state index is 12.6. The first-order chi connectivity index (χ1) is 6.28. The number of rotatable bonds is 4. The first kappa shape index (κ1) is 14.6. The topological polar surface area (TPSA) is 55.1 Å². The lowest BCUT2D eigenvalue weighted by atomic mass is 10.1. The smallest absolute Gasteiger partial charge is 0.277 e. The van der Waals surface area contributed by atoms with E-state index in [0.717, 1.165) is 6.42 Å². The van der Waals surface area contributed by atoms with Crippen molar-refractivity contribution in [2.75, 3.05) is 13.1 Å². The van der Waals surface area contributed by atoms with E-state index in [9.17, 15) is 13.6 Å². The Balaban J connectivity index is 0.00000196. The van der Waals surface area contributed by atoms with E-state index in [-0.39, 0.29) is 29.6 Å². The summed E-state index contributed by atoms with van der Waals surface area (Å²) in [7, 11) is 0. The summed E-state index contributed by atoms with van der Waals surface area (Å²) in [4.78, 5) is 11.3. The van der Waals surface area contributed by atoms with Crippen molar-refractivity contribution in [2.45, 2.75) is 26.2 Å².